The Morgan fingerprint density at radius 2 is 2.29 bits per heavy atom. The maximum atomic E-state index is 11.1. The lowest BCUT2D eigenvalue weighted by Crippen LogP contribution is -1.98. The molecule has 0 saturated carbocycles. The lowest BCUT2D eigenvalue weighted by atomic mass is 10.1. The number of carbonyl (C=O) groups excluding carboxylic acids is 1. The Morgan fingerprint density at radius 3 is 2.93 bits per heavy atom. The van der Waals surface area contributed by atoms with Crippen LogP contribution >= 0.6 is 0 Å². The van der Waals surface area contributed by atoms with Crippen LogP contribution in [0.5, 0.6) is 0 Å². The molecule has 0 unspecified atom stereocenters. The SMILES string of the molecule is CCCn1cc(CCC(=O)CC)cn1. The third kappa shape index (κ3) is 3.32. The van der Waals surface area contributed by atoms with Gasteiger partial charge in [0.1, 0.15) is 5.78 Å². The van der Waals surface area contributed by atoms with Crippen LogP contribution < -0.4 is 0 Å². The van der Waals surface area contributed by atoms with Gasteiger partial charge in [-0.1, -0.05) is 13.8 Å². The summed E-state index contributed by atoms with van der Waals surface area (Å²) in [5, 5.41) is 4.22. The standard InChI is InChI=1S/C11H18N2O/c1-3-7-13-9-10(8-12-13)5-6-11(14)4-2/h8-9H,3-7H2,1-2H3. The van der Waals surface area contributed by atoms with Crippen molar-refractivity contribution in [3.63, 3.8) is 0 Å². The van der Waals surface area contributed by atoms with Gasteiger partial charge < -0.3 is 0 Å². The van der Waals surface area contributed by atoms with E-state index in [0.29, 0.717) is 18.6 Å². The summed E-state index contributed by atoms with van der Waals surface area (Å²) in [6.45, 7) is 4.99. The van der Waals surface area contributed by atoms with Crippen LogP contribution in [0.4, 0.5) is 0 Å². The lowest BCUT2D eigenvalue weighted by molar-refractivity contribution is -0.118. The Hall–Kier alpha value is -1.12. The molecule has 0 saturated heterocycles. The molecule has 3 nitrogen and oxygen atoms in total. The Labute approximate surface area is 85.1 Å². The summed E-state index contributed by atoms with van der Waals surface area (Å²) in [7, 11) is 0. The third-order valence-corrected chi connectivity index (χ3v) is 2.23. The average molecular weight is 194 g/mol. The predicted octanol–water partition coefficient (Wildman–Crippen LogP) is 2.20. The molecule has 0 amide bonds. The topological polar surface area (TPSA) is 34.9 Å². The average Bonchev–Trinajstić information content (AvgIpc) is 2.63. The quantitative estimate of drug-likeness (QED) is 0.696. The summed E-state index contributed by atoms with van der Waals surface area (Å²) in [5.74, 6) is 0.327. The van der Waals surface area contributed by atoms with Gasteiger partial charge in [-0.2, -0.15) is 5.10 Å². The van der Waals surface area contributed by atoms with Crippen LogP contribution in [0.1, 0.15) is 38.7 Å². The van der Waals surface area contributed by atoms with E-state index in [1.54, 1.807) is 0 Å². The van der Waals surface area contributed by atoms with Crippen LogP contribution in [0.15, 0.2) is 12.4 Å². The highest BCUT2D eigenvalue weighted by Crippen LogP contribution is 2.03. The zero-order valence-corrected chi connectivity index (χ0v) is 8.99. The molecule has 0 N–H and O–H groups in total. The number of aromatic nitrogens is 2. The van der Waals surface area contributed by atoms with Gasteiger partial charge in [0.15, 0.2) is 0 Å². The van der Waals surface area contributed by atoms with Gasteiger partial charge in [0.2, 0.25) is 0 Å². The molecule has 0 fully saturated rings. The van der Waals surface area contributed by atoms with Gasteiger partial charge >= 0.3 is 0 Å². The molecule has 3 heteroatoms. The molecular weight excluding hydrogens is 176 g/mol. The Kier molecular flexibility index (Phi) is 4.36. The zero-order valence-electron chi connectivity index (χ0n) is 8.99. The van der Waals surface area contributed by atoms with E-state index in [1.807, 2.05) is 24.0 Å². The van der Waals surface area contributed by atoms with Crippen molar-refractivity contribution in [3.8, 4) is 0 Å². The number of rotatable bonds is 6. The molecule has 0 aromatic carbocycles. The lowest BCUT2D eigenvalue weighted by Gasteiger charge is -1.96. The molecule has 0 atom stereocenters. The van der Waals surface area contributed by atoms with Crippen molar-refractivity contribution in [2.45, 2.75) is 46.1 Å². The molecule has 14 heavy (non-hydrogen) atoms. The zero-order chi connectivity index (χ0) is 10.4. The van der Waals surface area contributed by atoms with Gasteiger partial charge in [0.25, 0.3) is 0 Å². The van der Waals surface area contributed by atoms with Crippen LogP contribution in [0.3, 0.4) is 0 Å². The molecule has 1 aromatic heterocycles. The first-order valence-corrected chi connectivity index (χ1v) is 5.29. The molecule has 1 rings (SSSR count). The molecule has 0 radical (unpaired) electrons. The smallest absolute Gasteiger partial charge is 0.132 e. The summed E-state index contributed by atoms with van der Waals surface area (Å²) >= 11 is 0. The second-order valence-electron chi connectivity index (χ2n) is 3.50. The fraction of sp³-hybridized carbons (Fsp3) is 0.636. The Morgan fingerprint density at radius 1 is 1.50 bits per heavy atom. The minimum atomic E-state index is 0.327. The van der Waals surface area contributed by atoms with Gasteiger partial charge in [-0.05, 0) is 18.4 Å². The van der Waals surface area contributed by atoms with Crippen molar-refractivity contribution in [2.24, 2.45) is 0 Å². The largest absolute Gasteiger partial charge is 0.300 e. The molecule has 1 heterocycles. The van der Waals surface area contributed by atoms with Crippen molar-refractivity contribution in [2.75, 3.05) is 0 Å². The van der Waals surface area contributed by atoms with E-state index < -0.39 is 0 Å². The highest BCUT2D eigenvalue weighted by molar-refractivity contribution is 5.78. The summed E-state index contributed by atoms with van der Waals surface area (Å²) in [4.78, 5) is 11.1. The maximum Gasteiger partial charge on any atom is 0.132 e. The van der Waals surface area contributed by atoms with Crippen molar-refractivity contribution in [1.82, 2.24) is 9.78 Å². The van der Waals surface area contributed by atoms with Gasteiger partial charge in [0, 0.05) is 25.6 Å². The van der Waals surface area contributed by atoms with Gasteiger partial charge in [0.05, 0.1) is 6.20 Å². The molecular formula is C11H18N2O. The van der Waals surface area contributed by atoms with E-state index in [9.17, 15) is 4.79 Å². The monoisotopic (exact) mass is 194 g/mol. The summed E-state index contributed by atoms with van der Waals surface area (Å²) in [6, 6.07) is 0. The molecule has 0 aliphatic heterocycles. The van der Waals surface area contributed by atoms with Gasteiger partial charge in [-0.3, -0.25) is 9.48 Å². The molecule has 0 aliphatic rings. The normalized spacial score (nSPS) is 10.4. The Balaban J connectivity index is 2.39. The van der Waals surface area contributed by atoms with Crippen molar-refractivity contribution >= 4 is 5.78 Å². The fourth-order valence-corrected chi connectivity index (χ4v) is 1.35. The number of nitrogens with zero attached hydrogens (tertiary/aromatic N) is 2. The van der Waals surface area contributed by atoms with E-state index in [-0.39, 0.29) is 0 Å². The van der Waals surface area contributed by atoms with Gasteiger partial charge in [-0.15, -0.1) is 0 Å². The maximum absolute atomic E-state index is 11.1. The summed E-state index contributed by atoms with van der Waals surface area (Å²) in [6.07, 6.45) is 7.11. The second kappa shape index (κ2) is 5.58. The molecule has 0 aliphatic carbocycles. The number of Topliss-reactive ketones (excluding diaryl/α,β-unsaturated/α-hetero) is 1. The van der Waals surface area contributed by atoms with Crippen molar-refractivity contribution < 1.29 is 4.79 Å². The molecule has 1 aromatic rings. The van der Waals surface area contributed by atoms with Crippen molar-refractivity contribution in [3.05, 3.63) is 18.0 Å². The second-order valence-corrected chi connectivity index (χ2v) is 3.50. The summed E-state index contributed by atoms with van der Waals surface area (Å²) < 4.78 is 1.94. The number of hydrogen-bond acceptors (Lipinski definition) is 2. The number of aryl methyl sites for hydroxylation is 2. The van der Waals surface area contributed by atoms with Crippen LogP contribution in [-0.4, -0.2) is 15.6 Å². The predicted molar refractivity (Wildman–Crippen MR) is 56.1 cm³/mol. The number of ketones is 1. The number of hydrogen-bond donors (Lipinski definition) is 0. The highest BCUT2D eigenvalue weighted by Gasteiger charge is 2.01. The van der Waals surface area contributed by atoms with E-state index >= 15 is 0 Å². The molecule has 0 spiro atoms. The van der Waals surface area contributed by atoms with Crippen LogP contribution in [0, 0.1) is 0 Å². The molecule has 0 bridgehead atoms. The van der Waals surface area contributed by atoms with E-state index in [1.165, 1.54) is 5.56 Å². The van der Waals surface area contributed by atoms with E-state index in [0.717, 1.165) is 19.4 Å². The Bertz CT molecular complexity index is 291. The fourth-order valence-electron chi connectivity index (χ4n) is 1.35. The van der Waals surface area contributed by atoms with E-state index in [4.69, 9.17) is 0 Å². The minimum Gasteiger partial charge on any atom is -0.300 e. The highest BCUT2D eigenvalue weighted by atomic mass is 16.1. The minimum absolute atomic E-state index is 0.327. The third-order valence-electron chi connectivity index (χ3n) is 2.23. The first-order chi connectivity index (χ1) is 6.76. The van der Waals surface area contributed by atoms with Crippen LogP contribution in [0.25, 0.3) is 0 Å². The van der Waals surface area contributed by atoms with Crippen LogP contribution in [0.2, 0.25) is 0 Å². The first kappa shape index (κ1) is 11.0. The first-order valence-electron chi connectivity index (χ1n) is 5.29. The van der Waals surface area contributed by atoms with Gasteiger partial charge in [-0.25, -0.2) is 0 Å². The number of carbonyl (C=O) groups is 1. The van der Waals surface area contributed by atoms with E-state index in [2.05, 4.69) is 12.0 Å². The van der Waals surface area contributed by atoms with Crippen LogP contribution in [-0.2, 0) is 17.8 Å². The van der Waals surface area contributed by atoms with Crippen molar-refractivity contribution in [1.29, 1.82) is 0 Å². The molecule has 78 valence electrons. The summed E-state index contributed by atoms with van der Waals surface area (Å²) in [5.41, 5.74) is 1.17.